The average Bonchev–Trinajstić information content (AvgIpc) is 2.69. The number of nitrogens with zero attached hydrogens (tertiary/aromatic N) is 1. The molecule has 3 nitrogen and oxygen atoms in total. The van der Waals surface area contributed by atoms with Gasteiger partial charge in [0.05, 0.1) is 18.8 Å². The first-order valence-electron chi connectivity index (χ1n) is 5.45. The Bertz CT molecular complexity index is 502. The van der Waals surface area contributed by atoms with E-state index in [1.54, 1.807) is 18.4 Å². The van der Waals surface area contributed by atoms with Crippen LogP contribution in [-0.4, -0.2) is 12.1 Å². The highest BCUT2D eigenvalue weighted by molar-refractivity contribution is 7.11. The Balaban J connectivity index is 2.32. The number of aryl methyl sites for hydroxylation is 2. The molecular weight excluding hydrogens is 232 g/mol. The van der Waals surface area contributed by atoms with E-state index in [4.69, 9.17) is 10.5 Å². The monoisotopic (exact) mass is 248 g/mol. The van der Waals surface area contributed by atoms with Crippen molar-refractivity contribution in [2.24, 2.45) is 5.73 Å². The van der Waals surface area contributed by atoms with E-state index in [0.29, 0.717) is 0 Å². The van der Waals surface area contributed by atoms with Gasteiger partial charge in [-0.3, -0.25) is 0 Å². The summed E-state index contributed by atoms with van der Waals surface area (Å²) in [6, 6.07) is 7.63. The van der Waals surface area contributed by atoms with Gasteiger partial charge >= 0.3 is 0 Å². The fraction of sp³-hybridized carbons (Fsp3) is 0.308. The molecule has 1 aromatic carbocycles. The molecule has 0 spiro atoms. The third-order valence-electron chi connectivity index (χ3n) is 2.76. The van der Waals surface area contributed by atoms with Crippen LogP contribution in [-0.2, 0) is 0 Å². The lowest BCUT2D eigenvalue weighted by molar-refractivity contribution is 0.414. The fourth-order valence-electron chi connectivity index (χ4n) is 1.61. The summed E-state index contributed by atoms with van der Waals surface area (Å²) in [6.45, 7) is 4.07. The summed E-state index contributed by atoms with van der Waals surface area (Å²) in [5.74, 6) is 0.822. The largest absolute Gasteiger partial charge is 0.497 e. The zero-order valence-corrected chi connectivity index (χ0v) is 11.0. The second-order valence-electron chi connectivity index (χ2n) is 3.95. The minimum atomic E-state index is -0.178. The maximum absolute atomic E-state index is 6.21. The summed E-state index contributed by atoms with van der Waals surface area (Å²) in [5, 5.41) is 0.952. The van der Waals surface area contributed by atoms with E-state index in [1.807, 2.05) is 31.2 Å². The second kappa shape index (κ2) is 4.85. The Morgan fingerprint density at radius 3 is 2.71 bits per heavy atom. The van der Waals surface area contributed by atoms with Gasteiger partial charge in [-0.25, -0.2) is 4.98 Å². The van der Waals surface area contributed by atoms with Gasteiger partial charge in [0.25, 0.3) is 0 Å². The fourth-order valence-corrected chi connectivity index (χ4v) is 2.56. The number of aromatic nitrogens is 1. The van der Waals surface area contributed by atoms with Crippen molar-refractivity contribution in [1.29, 1.82) is 0 Å². The molecule has 1 atom stereocenters. The quantitative estimate of drug-likeness (QED) is 0.908. The predicted octanol–water partition coefficient (Wildman–Crippen LogP) is 2.82. The van der Waals surface area contributed by atoms with Gasteiger partial charge in [0, 0.05) is 4.88 Å². The molecule has 1 unspecified atom stereocenters. The zero-order valence-electron chi connectivity index (χ0n) is 10.2. The first-order chi connectivity index (χ1) is 8.11. The molecule has 0 aliphatic heterocycles. The molecule has 0 saturated heterocycles. The number of methoxy groups -OCH3 is 1. The number of rotatable bonds is 3. The van der Waals surface area contributed by atoms with Crippen LogP contribution in [0, 0.1) is 13.8 Å². The molecule has 90 valence electrons. The number of benzene rings is 1. The number of hydrogen-bond donors (Lipinski definition) is 1. The first kappa shape index (κ1) is 12.1. The molecule has 17 heavy (non-hydrogen) atoms. The van der Waals surface area contributed by atoms with E-state index in [-0.39, 0.29) is 6.04 Å². The van der Waals surface area contributed by atoms with Crippen molar-refractivity contribution in [2.75, 3.05) is 7.11 Å². The molecular formula is C13H16N2OS. The van der Waals surface area contributed by atoms with Crippen LogP contribution in [0.2, 0.25) is 0 Å². The Kier molecular flexibility index (Phi) is 3.45. The van der Waals surface area contributed by atoms with Crippen LogP contribution >= 0.6 is 11.3 Å². The van der Waals surface area contributed by atoms with Crippen LogP contribution in [0.25, 0.3) is 0 Å². The van der Waals surface area contributed by atoms with Gasteiger partial charge in [-0.1, -0.05) is 12.1 Å². The third-order valence-corrected chi connectivity index (χ3v) is 3.92. The molecule has 2 N–H and O–H groups in total. The number of nitrogens with two attached hydrogens (primary N) is 1. The Morgan fingerprint density at radius 2 is 2.12 bits per heavy atom. The van der Waals surface area contributed by atoms with Crippen LogP contribution in [0.5, 0.6) is 5.75 Å². The minimum absolute atomic E-state index is 0.178. The summed E-state index contributed by atoms with van der Waals surface area (Å²) >= 11 is 1.65. The summed E-state index contributed by atoms with van der Waals surface area (Å²) in [5.41, 5.74) is 8.30. The Morgan fingerprint density at radius 1 is 1.35 bits per heavy atom. The highest BCUT2D eigenvalue weighted by Gasteiger charge is 2.14. The van der Waals surface area contributed by atoms with E-state index >= 15 is 0 Å². The van der Waals surface area contributed by atoms with Crippen molar-refractivity contribution in [3.8, 4) is 5.75 Å². The molecule has 2 aromatic rings. The molecule has 4 heteroatoms. The molecule has 0 bridgehead atoms. The molecule has 0 fully saturated rings. The van der Waals surface area contributed by atoms with Crippen molar-refractivity contribution < 1.29 is 4.74 Å². The smallest absolute Gasteiger partial charge is 0.119 e. The lowest BCUT2D eigenvalue weighted by Gasteiger charge is -2.10. The number of hydrogen-bond acceptors (Lipinski definition) is 4. The maximum Gasteiger partial charge on any atom is 0.119 e. The van der Waals surface area contributed by atoms with Crippen molar-refractivity contribution in [1.82, 2.24) is 4.98 Å². The van der Waals surface area contributed by atoms with Crippen LogP contribution in [0.1, 0.15) is 27.2 Å². The predicted molar refractivity (Wildman–Crippen MR) is 70.6 cm³/mol. The third kappa shape index (κ3) is 2.48. The van der Waals surface area contributed by atoms with Crippen LogP contribution in [0.3, 0.4) is 0 Å². The Hall–Kier alpha value is -1.39. The number of thiazole rings is 1. The Labute approximate surface area is 105 Å². The van der Waals surface area contributed by atoms with Gasteiger partial charge in [0.2, 0.25) is 0 Å². The van der Waals surface area contributed by atoms with Crippen molar-refractivity contribution in [3.05, 3.63) is 45.4 Å². The van der Waals surface area contributed by atoms with E-state index in [1.165, 1.54) is 4.88 Å². The topological polar surface area (TPSA) is 48.1 Å². The van der Waals surface area contributed by atoms with Gasteiger partial charge in [-0.05, 0) is 31.5 Å². The summed E-state index contributed by atoms with van der Waals surface area (Å²) in [6.07, 6.45) is 0. The van der Waals surface area contributed by atoms with Crippen LogP contribution in [0.15, 0.2) is 24.3 Å². The highest BCUT2D eigenvalue weighted by atomic mass is 32.1. The maximum atomic E-state index is 6.21. The van der Waals surface area contributed by atoms with Gasteiger partial charge in [-0.2, -0.15) is 0 Å². The standard InChI is InChI=1S/C13H16N2OS/c1-8-9(2)17-13(15-8)12(14)10-5-4-6-11(7-10)16-3/h4-7,12H,14H2,1-3H3. The summed E-state index contributed by atoms with van der Waals surface area (Å²) in [7, 11) is 1.66. The molecule has 1 heterocycles. The summed E-state index contributed by atoms with van der Waals surface area (Å²) < 4.78 is 5.20. The first-order valence-corrected chi connectivity index (χ1v) is 6.27. The van der Waals surface area contributed by atoms with Crippen molar-refractivity contribution in [2.45, 2.75) is 19.9 Å². The molecule has 0 radical (unpaired) electrons. The van der Waals surface area contributed by atoms with Crippen LogP contribution in [0.4, 0.5) is 0 Å². The molecule has 0 saturated carbocycles. The van der Waals surface area contributed by atoms with Gasteiger partial charge in [0.1, 0.15) is 10.8 Å². The van der Waals surface area contributed by atoms with E-state index in [0.717, 1.165) is 22.0 Å². The highest BCUT2D eigenvalue weighted by Crippen LogP contribution is 2.27. The zero-order chi connectivity index (χ0) is 12.4. The van der Waals surface area contributed by atoms with Gasteiger partial charge in [-0.15, -0.1) is 11.3 Å². The van der Waals surface area contributed by atoms with E-state index in [9.17, 15) is 0 Å². The minimum Gasteiger partial charge on any atom is -0.497 e. The van der Waals surface area contributed by atoms with Crippen molar-refractivity contribution in [3.63, 3.8) is 0 Å². The van der Waals surface area contributed by atoms with Gasteiger partial charge < -0.3 is 10.5 Å². The molecule has 1 aromatic heterocycles. The molecule has 0 aliphatic carbocycles. The van der Waals surface area contributed by atoms with Gasteiger partial charge in [0.15, 0.2) is 0 Å². The summed E-state index contributed by atoms with van der Waals surface area (Å²) in [4.78, 5) is 5.72. The molecule has 0 aliphatic rings. The molecule has 2 rings (SSSR count). The number of ether oxygens (including phenoxy) is 1. The second-order valence-corrected chi connectivity index (χ2v) is 5.18. The molecule has 0 amide bonds. The van der Waals surface area contributed by atoms with E-state index in [2.05, 4.69) is 11.9 Å². The van der Waals surface area contributed by atoms with Crippen molar-refractivity contribution >= 4 is 11.3 Å². The normalized spacial score (nSPS) is 12.5. The van der Waals surface area contributed by atoms with Crippen LogP contribution < -0.4 is 10.5 Å². The lowest BCUT2D eigenvalue weighted by atomic mass is 10.1. The average molecular weight is 248 g/mol. The SMILES string of the molecule is COc1cccc(C(N)c2nc(C)c(C)s2)c1. The van der Waals surface area contributed by atoms with E-state index < -0.39 is 0 Å². The lowest BCUT2D eigenvalue weighted by Crippen LogP contribution is -2.11.